The van der Waals surface area contributed by atoms with Crippen LogP contribution in [0.25, 0.3) is 0 Å². The second-order valence-corrected chi connectivity index (χ2v) is 4.66. The van der Waals surface area contributed by atoms with Crippen LogP contribution in [0.15, 0.2) is 0 Å². The molecule has 0 saturated carbocycles. The Morgan fingerprint density at radius 3 is 2.44 bits per heavy atom. The fourth-order valence-corrected chi connectivity index (χ4v) is 2.37. The van der Waals surface area contributed by atoms with E-state index < -0.39 is 12.1 Å². The average Bonchev–Trinajstić information content (AvgIpc) is 2.81. The summed E-state index contributed by atoms with van der Waals surface area (Å²) in [5.74, 6) is -1.07. The molecule has 0 aromatic heterocycles. The predicted octanol–water partition coefficient (Wildman–Crippen LogP) is 1.44. The number of hydrogen-bond acceptors (Lipinski definition) is 6. The third-order valence-corrected chi connectivity index (χ3v) is 3.48. The molecular formula is C12H22O6. The van der Waals surface area contributed by atoms with Crippen molar-refractivity contribution in [2.75, 3.05) is 20.3 Å². The van der Waals surface area contributed by atoms with E-state index in [9.17, 15) is 4.79 Å². The number of rotatable bonds is 8. The average molecular weight is 262 g/mol. The molecule has 0 bridgehead atoms. The number of carbonyl (C=O) groups excluding carboxylic acids is 1. The van der Waals surface area contributed by atoms with Gasteiger partial charge in [-0.2, -0.15) is 0 Å². The lowest BCUT2D eigenvalue weighted by Gasteiger charge is -2.34. The van der Waals surface area contributed by atoms with Crippen LogP contribution in [0.5, 0.6) is 0 Å². The maximum Gasteiger partial charge on any atom is 0.190 e. The molecule has 0 spiro atoms. The van der Waals surface area contributed by atoms with Crippen molar-refractivity contribution in [3.8, 4) is 0 Å². The first-order valence-corrected chi connectivity index (χ1v) is 6.13. The van der Waals surface area contributed by atoms with Crippen molar-refractivity contribution in [3.05, 3.63) is 0 Å². The highest BCUT2D eigenvalue weighted by Crippen LogP contribution is 2.36. The monoisotopic (exact) mass is 262 g/mol. The molecule has 106 valence electrons. The minimum atomic E-state index is -0.756. The van der Waals surface area contributed by atoms with Gasteiger partial charge in [0.15, 0.2) is 12.1 Å². The Bertz CT molecular complexity index is 247. The maximum absolute atomic E-state index is 11.0. The zero-order chi connectivity index (χ0) is 13.6. The number of ether oxygens (including phenoxy) is 3. The smallest absolute Gasteiger partial charge is 0.190 e. The Morgan fingerprint density at radius 2 is 2.00 bits per heavy atom. The number of methoxy groups -OCH3 is 1. The van der Waals surface area contributed by atoms with Crippen LogP contribution in [0.2, 0.25) is 0 Å². The molecular weight excluding hydrogens is 240 g/mol. The van der Waals surface area contributed by atoms with Crippen LogP contribution in [0.3, 0.4) is 0 Å². The van der Waals surface area contributed by atoms with Gasteiger partial charge in [-0.15, -0.1) is 0 Å². The molecule has 0 amide bonds. The quantitative estimate of drug-likeness (QED) is 0.309. The lowest BCUT2D eigenvalue weighted by Crippen LogP contribution is -2.40. The maximum atomic E-state index is 11.0. The highest BCUT2D eigenvalue weighted by atomic mass is 17.1. The van der Waals surface area contributed by atoms with E-state index in [-0.39, 0.29) is 11.8 Å². The Balaban J connectivity index is 2.64. The molecule has 0 aromatic carbocycles. The molecule has 1 heterocycles. The zero-order valence-electron chi connectivity index (χ0n) is 11.1. The number of carbonyl (C=O) groups is 1. The van der Waals surface area contributed by atoms with Gasteiger partial charge in [-0.1, -0.05) is 6.92 Å². The van der Waals surface area contributed by atoms with Gasteiger partial charge in [-0.05, 0) is 13.3 Å². The summed E-state index contributed by atoms with van der Waals surface area (Å²) in [5.41, 5.74) is 0. The SMILES string of the molecule is COC(CCC(C(C)C=O)C1(C)OCCO1)OO. The van der Waals surface area contributed by atoms with Crippen molar-refractivity contribution in [3.63, 3.8) is 0 Å². The van der Waals surface area contributed by atoms with Gasteiger partial charge < -0.3 is 19.0 Å². The molecule has 18 heavy (non-hydrogen) atoms. The van der Waals surface area contributed by atoms with Crippen LogP contribution in [0.1, 0.15) is 26.7 Å². The van der Waals surface area contributed by atoms with E-state index in [2.05, 4.69) is 4.89 Å². The highest BCUT2D eigenvalue weighted by Gasteiger charge is 2.42. The van der Waals surface area contributed by atoms with E-state index in [4.69, 9.17) is 19.5 Å². The standard InChI is InChI=1S/C12H22O6/c1-9(8-13)10(4-5-11(15-3)18-14)12(2)16-6-7-17-12/h8-11,14H,4-7H2,1-3H3. The van der Waals surface area contributed by atoms with Crippen molar-refractivity contribution < 1.29 is 29.1 Å². The van der Waals surface area contributed by atoms with Crippen LogP contribution in [-0.4, -0.2) is 43.9 Å². The summed E-state index contributed by atoms with van der Waals surface area (Å²) in [6.07, 6.45) is 1.24. The van der Waals surface area contributed by atoms with Crippen molar-refractivity contribution in [1.29, 1.82) is 0 Å². The highest BCUT2D eigenvalue weighted by molar-refractivity contribution is 5.53. The Labute approximate surface area is 107 Å². The number of aldehydes is 1. The van der Waals surface area contributed by atoms with Crippen LogP contribution in [-0.2, 0) is 23.9 Å². The Kier molecular flexibility index (Phi) is 6.17. The summed E-state index contributed by atoms with van der Waals surface area (Å²) < 4.78 is 16.1. The molecule has 1 rings (SSSR count). The van der Waals surface area contributed by atoms with Crippen molar-refractivity contribution in [1.82, 2.24) is 0 Å². The van der Waals surface area contributed by atoms with Crippen LogP contribution in [0, 0.1) is 11.8 Å². The second kappa shape index (κ2) is 7.16. The van der Waals surface area contributed by atoms with Crippen LogP contribution in [0.4, 0.5) is 0 Å². The Morgan fingerprint density at radius 1 is 1.39 bits per heavy atom. The summed E-state index contributed by atoms with van der Waals surface area (Å²) in [7, 11) is 1.45. The summed E-state index contributed by atoms with van der Waals surface area (Å²) in [6, 6.07) is 0. The Hall–Kier alpha value is -0.530. The summed E-state index contributed by atoms with van der Waals surface area (Å²) in [6.45, 7) is 4.73. The first-order valence-electron chi connectivity index (χ1n) is 6.13. The lowest BCUT2D eigenvalue weighted by molar-refractivity contribution is -0.343. The van der Waals surface area contributed by atoms with Gasteiger partial charge in [-0.3, -0.25) is 0 Å². The molecule has 1 saturated heterocycles. The van der Waals surface area contributed by atoms with E-state index in [1.165, 1.54) is 7.11 Å². The summed E-state index contributed by atoms with van der Waals surface area (Å²) in [5, 5.41) is 8.61. The van der Waals surface area contributed by atoms with Crippen molar-refractivity contribution in [2.24, 2.45) is 11.8 Å². The minimum absolute atomic E-state index is 0.106. The van der Waals surface area contributed by atoms with E-state index >= 15 is 0 Å². The van der Waals surface area contributed by atoms with Gasteiger partial charge in [0.25, 0.3) is 0 Å². The zero-order valence-corrected chi connectivity index (χ0v) is 11.1. The van der Waals surface area contributed by atoms with Crippen molar-refractivity contribution in [2.45, 2.75) is 38.8 Å². The van der Waals surface area contributed by atoms with Gasteiger partial charge in [0.1, 0.15) is 6.29 Å². The molecule has 0 radical (unpaired) electrons. The molecule has 0 aliphatic carbocycles. The second-order valence-electron chi connectivity index (χ2n) is 4.66. The summed E-state index contributed by atoms with van der Waals surface area (Å²) >= 11 is 0. The van der Waals surface area contributed by atoms with E-state index in [1.54, 1.807) is 0 Å². The van der Waals surface area contributed by atoms with Gasteiger partial charge >= 0.3 is 0 Å². The molecule has 1 fully saturated rings. The molecule has 1 aliphatic rings. The number of hydrogen-bond donors (Lipinski definition) is 1. The van der Waals surface area contributed by atoms with Crippen LogP contribution < -0.4 is 0 Å². The summed E-state index contributed by atoms with van der Waals surface area (Å²) in [4.78, 5) is 15.2. The third-order valence-electron chi connectivity index (χ3n) is 3.48. The van der Waals surface area contributed by atoms with Gasteiger partial charge in [-0.25, -0.2) is 10.1 Å². The van der Waals surface area contributed by atoms with E-state index in [0.29, 0.717) is 26.1 Å². The topological polar surface area (TPSA) is 74.2 Å². The lowest BCUT2D eigenvalue weighted by atomic mass is 9.84. The van der Waals surface area contributed by atoms with E-state index in [0.717, 1.165) is 6.29 Å². The normalized spacial score (nSPS) is 23.6. The van der Waals surface area contributed by atoms with Crippen molar-refractivity contribution >= 4 is 6.29 Å². The first kappa shape index (κ1) is 15.5. The van der Waals surface area contributed by atoms with Crippen LogP contribution >= 0.6 is 0 Å². The largest absolute Gasteiger partial charge is 0.353 e. The van der Waals surface area contributed by atoms with E-state index in [1.807, 2.05) is 13.8 Å². The molecule has 6 heteroatoms. The first-order chi connectivity index (χ1) is 8.57. The third kappa shape index (κ3) is 3.73. The molecule has 6 nitrogen and oxygen atoms in total. The predicted molar refractivity (Wildman–Crippen MR) is 62.8 cm³/mol. The fourth-order valence-electron chi connectivity index (χ4n) is 2.37. The minimum Gasteiger partial charge on any atom is -0.353 e. The fraction of sp³-hybridized carbons (Fsp3) is 0.917. The molecule has 3 unspecified atom stereocenters. The molecule has 0 aromatic rings. The molecule has 1 N–H and O–H groups in total. The van der Waals surface area contributed by atoms with Gasteiger partial charge in [0.05, 0.1) is 13.2 Å². The van der Waals surface area contributed by atoms with Gasteiger partial charge in [0.2, 0.25) is 0 Å². The van der Waals surface area contributed by atoms with Gasteiger partial charge in [0, 0.05) is 25.4 Å². The molecule has 1 aliphatic heterocycles. The molecule has 3 atom stereocenters.